The summed E-state index contributed by atoms with van der Waals surface area (Å²) in [6.07, 6.45) is 0.817. The van der Waals surface area contributed by atoms with Crippen molar-refractivity contribution in [2.75, 3.05) is 18.8 Å². The van der Waals surface area contributed by atoms with E-state index in [-0.39, 0.29) is 34.7 Å². The molecule has 0 amide bonds. The number of nitrogens with zero attached hydrogens (tertiary/aromatic N) is 4. The number of aromatic carboxylic acids is 1. The van der Waals surface area contributed by atoms with E-state index in [2.05, 4.69) is 49.5 Å². The van der Waals surface area contributed by atoms with Gasteiger partial charge in [-0.15, -0.1) is 0 Å². The fraction of sp³-hybridized carbons (Fsp3) is 0.542. The predicted molar refractivity (Wildman–Crippen MR) is 133 cm³/mol. The van der Waals surface area contributed by atoms with E-state index in [1.807, 2.05) is 19.1 Å². The van der Waals surface area contributed by atoms with Crippen LogP contribution >= 0.6 is 11.6 Å². The van der Waals surface area contributed by atoms with Crippen LogP contribution in [0.25, 0.3) is 0 Å². The summed E-state index contributed by atoms with van der Waals surface area (Å²) in [5.74, 6) is -0.329. The number of aryl methyl sites for hydroxylation is 1. The van der Waals surface area contributed by atoms with Crippen LogP contribution in [0.4, 0.5) is 5.69 Å². The maximum atomic E-state index is 12.0. The number of anilines is 1. The van der Waals surface area contributed by atoms with Crippen molar-refractivity contribution in [3.8, 4) is 0 Å². The highest BCUT2D eigenvalue weighted by Crippen LogP contribution is 2.31. The molecule has 33 heavy (non-hydrogen) atoms. The van der Waals surface area contributed by atoms with Gasteiger partial charge in [-0.2, -0.15) is 0 Å². The largest absolute Gasteiger partial charge is 0.476 e. The average Bonchev–Trinajstić information content (AvgIpc) is 3.29. The Kier molecular flexibility index (Phi) is 7.10. The maximum absolute atomic E-state index is 12.0. The molecule has 0 aliphatic carbocycles. The summed E-state index contributed by atoms with van der Waals surface area (Å²) < 4.78 is 1.73. The van der Waals surface area contributed by atoms with Gasteiger partial charge in [-0.05, 0) is 55.9 Å². The standard InChI is InChI=1S/C24H35ClN6O2/c1-13(2)30-8-7-15(12-30)31-19(29-21(25)20(31)23(32)33)11-28-22(27)16-10-17(24(4,5)6)14(3)9-18(16)26/h9-10,13,15H,7-8,11-12,26H2,1-6H3,(H2,27,28)(H,32,33). The number of carboxylic acid groups (broad SMARTS) is 1. The number of amidine groups is 1. The Hall–Kier alpha value is -2.58. The van der Waals surface area contributed by atoms with Gasteiger partial charge in [-0.1, -0.05) is 32.4 Å². The quantitative estimate of drug-likeness (QED) is 0.330. The fourth-order valence-electron chi connectivity index (χ4n) is 4.59. The molecule has 0 bridgehead atoms. The van der Waals surface area contributed by atoms with Gasteiger partial charge in [0.05, 0.1) is 6.54 Å². The first kappa shape index (κ1) is 25.1. The van der Waals surface area contributed by atoms with Crippen LogP contribution in [0.5, 0.6) is 0 Å². The van der Waals surface area contributed by atoms with Crippen LogP contribution < -0.4 is 11.5 Å². The van der Waals surface area contributed by atoms with Crippen molar-refractivity contribution in [1.82, 2.24) is 14.5 Å². The average molecular weight is 475 g/mol. The predicted octanol–water partition coefficient (Wildman–Crippen LogP) is 3.98. The number of imidazole rings is 1. The molecular formula is C24H35ClN6O2. The van der Waals surface area contributed by atoms with E-state index >= 15 is 0 Å². The molecule has 0 spiro atoms. The van der Waals surface area contributed by atoms with Crippen molar-refractivity contribution in [2.24, 2.45) is 10.7 Å². The highest BCUT2D eigenvalue weighted by atomic mass is 35.5. The number of carbonyl (C=O) groups is 1. The van der Waals surface area contributed by atoms with Gasteiger partial charge < -0.3 is 21.1 Å². The van der Waals surface area contributed by atoms with Gasteiger partial charge in [-0.25, -0.2) is 9.78 Å². The van der Waals surface area contributed by atoms with Gasteiger partial charge in [0.1, 0.15) is 11.7 Å². The third-order valence-electron chi connectivity index (χ3n) is 6.31. The highest BCUT2D eigenvalue weighted by Gasteiger charge is 2.32. The van der Waals surface area contributed by atoms with Crippen LogP contribution in [0.15, 0.2) is 17.1 Å². The molecule has 1 aliphatic rings. The number of nitrogen functional groups attached to an aromatic ring is 1. The summed E-state index contributed by atoms with van der Waals surface area (Å²) in [6, 6.07) is 4.24. The number of nitrogens with two attached hydrogens (primary N) is 2. The third kappa shape index (κ3) is 5.17. The summed E-state index contributed by atoms with van der Waals surface area (Å²) >= 11 is 6.24. The first-order valence-electron chi connectivity index (χ1n) is 11.3. The number of hydrogen-bond donors (Lipinski definition) is 3. The van der Waals surface area contributed by atoms with E-state index in [9.17, 15) is 9.90 Å². The smallest absolute Gasteiger partial charge is 0.355 e. The molecule has 0 radical (unpaired) electrons. The molecule has 180 valence electrons. The van der Waals surface area contributed by atoms with Gasteiger partial charge in [-0.3, -0.25) is 9.89 Å². The van der Waals surface area contributed by atoms with Crippen LogP contribution in [0, 0.1) is 6.92 Å². The molecule has 5 N–H and O–H groups in total. The monoisotopic (exact) mass is 474 g/mol. The number of hydrogen-bond acceptors (Lipinski definition) is 5. The van der Waals surface area contributed by atoms with Crippen LogP contribution in [-0.2, 0) is 12.0 Å². The minimum atomic E-state index is -1.10. The van der Waals surface area contributed by atoms with Crippen LogP contribution in [0.1, 0.15) is 80.1 Å². The number of aromatic nitrogens is 2. The Morgan fingerprint density at radius 1 is 1.36 bits per heavy atom. The molecule has 1 fully saturated rings. The molecular weight excluding hydrogens is 440 g/mol. The summed E-state index contributed by atoms with van der Waals surface area (Å²) in [4.78, 5) is 23.2. The second kappa shape index (κ2) is 9.35. The van der Waals surface area contributed by atoms with Gasteiger partial charge in [0.15, 0.2) is 10.8 Å². The van der Waals surface area contributed by atoms with Gasteiger partial charge in [0, 0.05) is 36.4 Å². The lowest BCUT2D eigenvalue weighted by Crippen LogP contribution is -2.29. The highest BCUT2D eigenvalue weighted by molar-refractivity contribution is 6.32. The van der Waals surface area contributed by atoms with E-state index in [1.54, 1.807) is 4.57 Å². The Balaban J connectivity index is 1.98. The molecule has 3 rings (SSSR count). The summed E-state index contributed by atoms with van der Waals surface area (Å²) in [5, 5.41) is 9.76. The van der Waals surface area contributed by atoms with Crippen LogP contribution in [0.3, 0.4) is 0 Å². The first-order valence-corrected chi connectivity index (χ1v) is 11.6. The van der Waals surface area contributed by atoms with Crippen molar-refractivity contribution >= 4 is 29.1 Å². The molecule has 2 aromatic rings. The van der Waals surface area contributed by atoms with Gasteiger partial charge in [0.2, 0.25) is 0 Å². The van der Waals surface area contributed by atoms with Crippen LogP contribution in [0.2, 0.25) is 5.15 Å². The molecule has 1 saturated heterocycles. The number of halogens is 1. The molecule has 0 saturated carbocycles. The summed E-state index contributed by atoms with van der Waals surface area (Å²) in [5.41, 5.74) is 16.0. The fourth-order valence-corrected chi connectivity index (χ4v) is 4.86. The molecule has 1 aromatic carbocycles. The lowest BCUT2D eigenvalue weighted by Gasteiger charge is -2.23. The van der Waals surface area contributed by atoms with Crippen molar-refractivity contribution in [2.45, 2.75) is 72.0 Å². The molecule has 8 nitrogen and oxygen atoms in total. The van der Waals surface area contributed by atoms with E-state index in [0.29, 0.717) is 23.1 Å². The molecule has 1 unspecified atom stereocenters. The number of carboxylic acids is 1. The SMILES string of the molecule is Cc1cc(N)c(C(N)=NCc2nc(Cl)c(C(=O)O)n2C2CCN(C(C)C)C2)cc1C(C)(C)C. The van der Waals surface area contributed by atoms with E-state index in [4.69, 9.17) is 23.1 Å². The molecule has 1 atom stereocenters. The minimum Gasteiger partial charge on any atom is -0.476 e. The van der Waals surface area contributed by atoms with Crippen molar-refractivity contribution in [3.05, 3.63) is 45.5 Å². The van der Waals surface area contributed by atoms with Gasteiger partial charge >= 0.3 is 5.97 Å². The topological polar surface area (TPSA) is 123 Å². The number of likely N-dealkylation sites (tertiary alicyclic amines) is 1. The van der Waals surface area contributed by atoms with Gasteiger partial charge in [0.25, 0.3) is 0 Å². The number of benzene rings is 1. The molecule has 1 aromatic heterocycles. The lowest BCUT2D eigenvalue weighted by atomic mass is 9.82. The Labute approximate surface area is 200 Å². The summed E-state index contributed by atoms with van der Waals surface area (Å²) in [6.45, 7) is 14.4. The lowest BCUT2D eigenvalue weighted by molar-refractivity contribution is 0.0682. The van der Waals surface area contributed by atoms with Crippen molar-refractivity contribution in [3.63, 3.8) is 0 Å². The zero-order chi connectivity index (χ0) is 24.7. The van der Waals surface area contributed by atoms with Crippen molar-refractivity contribution in [1.29, 1.82) is 0 Å². The third-order valence-corrected chi connectivity index (χ3v) is 6.57. The van der Waals surface area contributed by atoms with Crippen LogP contribution in [-0.4, -0.2) is 50.5 Å². The maximum Gasteiger partial charge on any atom is 0.355 e. The second-order valence-electron chi connectivity index (χ2n) is 10.1. The van der Waals surface area contributed by atoms with E-state index in [1.165, 1.54) is 0 Å². The Bertz CT molecular complexity index is 1080. The minimum absolute atomic E-state index is 0.000845. The molecule has 2 heterocycles. The normalized spacial score (nSPS) is 17.8. The molecule has 9 heteroatoms. The van der Waals surface area contributed by atoms with E-state index in [0.717, 1.165) is 30.6 Å². The van der Waals surface area contributed by atoms with E-state index < -0.39 is 5.97 Å². The number of rotatable bonds is 6. The summed E-state index contributed by atoms with van der Waals surface area (Å²) in [7, 11) is 0. The Morgan fingerprint density at radius 2 is 2.03 bits per heavy atom. The first-order chi connectivity index (χ1) is 15.3. The second-order valence-corrected chi connectivity index (χ2v) is 10.4. The zero-order valence-electron chi connectivity index (χ0n) is 20.3. The molecule has 1 aliphatic heterocycles. The Morgan fingerprint density at radius 3 is 2.58 bits per heavy atom. The van der Waals surface area contributed by atoms with Crippen molar-refractivity contribution < 1.29 is 9.90 Å². The zero-order valence-corrected chi connectivity index (χ0v) is 21.1. The number of aliphatic imine (C=N–C) groups is 1.